The number of hydrogen-bond donors (Lipinski definition) is 0. The number of rotatable bonds is 6. The SMILES string of the molecule is CCCN(CC1CC1)C(=O)c1cc(S(C)(=O)=O)ccc1Cl. The topological polar surface area (TPSA) is 54.5 Å². The molecule has 0 N–H and O–H groups in total. The zero-order valence-corrected chi connectivity index (χ0v) is 13.9. The fraction of sp³-hybridized carbons (Fsp3) is 0.533. The van der Waals surface area contributed by atoms with E-state index in [0.717, 1.165) is 32.1 Å². The van der Waals surface area contributed by atoms with Gasteiger partial charge in [0.2, 0.25) is 0 Å². The van der Waals surface area contributed by atoms with Crippen molar-refractivity contribution in [2.75, 3.05) is 19.3 Å². The highest BCUT2D eigenvalue weighted by molar-refractivity contribution is 7.90. The Bertz CT molecular complexity index is 638. The molecule has 0 spiro atoms. The number of benzene rings is 1. The molecule has 1 aromatic carbocycles. The molecule has 116 valence electrons. The molecule has 0 atom stereocenters. The Balaban J connectivity index is 2.31. The van der Waals surface area contributed by atoms with Crippen LogP contribution in [0, 0.1) is 5.92 Å². The third-order valence-electron chi connectivity index (χ3n) is 3.55. The van der Waals surface area contributed by atoms with Crippen LogP contribution < -0.4 is 0 Å². The van der Waals surface area contributed by atoms with Crippen LogP contribution in [0.3, 0.4) is 0 Å². The molecule has 0 aliphatic heterocycles. The van der Waals surface area contributed by atoms with Gasteiger partial charge in [-0.05, 0) is 43.4 Å². The molecule has 0 bridgehead atoms. The third-order valence-corrected chi connectivity index (χ3v) is 4.99. The average molecular weight is 330 g/mol. The minimum absolute atomic E-state index is 0.123. The molecule has 4 nitrogen and oxygen atoms in total. The van der Waals surface area contributed by atoms with Crippen molar-refractivity contribution in [3.05, 3.63) is 28.8 Å². The van der Waals surface area contributed by atoms with E-state index in [-0.39, 0.29) is 16.4 Å². The lowest BCUT2D eigenvalue weighted by Crippen LogP contribution is -2.34. The van der Waals surface area contributed by atoms with E-state index in [4.69, 9.17) is 11.6 Å². The van der Waals surface area contributed by atoms with E-state index >= 15 is 0 Å². The molecular formula is C15H20ClNO3S. The van der Waals surface area contributed by atoms with E-state index in [1.807, 2.05) is 6.92 Å². The van der Waals surface area contributed by atoms with Gasteiger partial charge in [-0.25, -0.2) is 8.42 Å². The molecule has 1 aliphatic carbocycles. The van der Waals surface area contributed by atoms with Gasteiger partial charge in [0, 0.05) is 19.3 Å². The first kappa shape index (κ1) is 16.3. The van der Waals surface area contributed by atoms with E-state index < -0.39 is 9.84 Å². The summed E-state index contributed by atoms with van der Waals surface area (Å²) < 4.78 is 23.3. The van der Waals surface area contributed by atoms with Crippen LogP contribution in [-0.2, 0) is 9.84 Å². The van der Waals surface area contributed by atoms with Crippen LogP contribution in [0.1, 0.15) is 36.5 Å². The summed E-state index contributed by atoms with van der Waals surface area (Å²) in [6, 6.07) is 4.29. The lowest BCUT2D eigenvalue weighted by Gasteiger charge is -2.22. The average Bonchev–Trinajstić information content (AvgIpc) is 3.20. The minimum Gasteiger partial charge on any atom is -0.338 e. The highest BCUT2D eigenvalue weighted by Gasteiger charge is 2.28. The molecule has 1 saturated carbocycles. The maximum Gasteiger partial charge on any atom is 0.255 e. The lowest BCUT2D eigenvalue weighted by molar-refractivity contribution is 0.0747. The van der Waals surface area contributed by atoms with Crippen molar-refractivity contribution < 1.29 is 13.2 Å². The Morgan fingerprint density at radius 2 is 2.05 bits per heavy atom. The smallest absolute Gasteiger partial charge is 0.255 e. The van der Waals surface area contributed by atoms with Crippen LogP contribution in [0.25, 0.3) is 0 Å². The van der Waals surface area contributed by atoms with Crippen LogP contribution in [0.5, 0.6) is 0 Å². The number of hydrogen-bond acceptors (Lipinski definition) is 3. The van der Waals surface area contributed by atoms with Gasteiger partial charge in [0.25, 0.3) is 5.91 Å². The fourth-order valence-corrected chi connectivity index (χ4v) is 3.07. The van der Waals surface area contributed by atoms with Crippen LogP contribution >= 0.6 is 11.6 Å². The number of carbonyl (C=O) groups is 1. The maximum atomic E-state index is 12.6. The quantitative estimate of drug-likeness (QED) is 0.806. The van der Waals surface area contributed by atoms with E-state index in [9.17, 15) is 13.2 Å². The van der Waals surface area contributed by atoms with Crippen LogP contribution in [0.2, 0.25) is 5.02 Å². The molecule has 1 aromatic rings. The van der Waals surface area contributed by atoms with Gasteiger partial charge in [-0.3, -0.25) is 4.79 Å². The van der Waals surface area contributed by atoms with Gasteiger partial charge in [-0.15, -0.1) is 0 Å². The summed E-state index contributed by atoms with van der Waals surface area (Å²) in [4.78, 5) is 14.6. The molecule has 0 unspecified atom stereocenters. The molecule has 1 fully saturated rings. The summed E-state index contributed by atoms with van der Waals surface area (Å²) in [6.45, 7) is 3.41. The van der Waals surface area contributed by atoms with Gasteiger partial charge in [0.15, 0.2) is 9.84 Å². The first-order valence-corrected chi connectivity index (χ1v) is 9.38. The maximum absolute atomic E-state index is 12.6. The van der Waals surface area contributed by atoms with E-state index in [1.54, 1.807) is 4.90 Å². The standard InChI is InChI=1S/C15H20ClNO3S/c1-3-8-17(10-11-4-5-11)15(18)13-9-12(21(2,19)20)6-7-14(13)16/h6-7,9,11H,3-5,8,10H2,1-2H3. The first-order valence-electron chi connectivity index (χ1n) is 7.11. The van der Waals surface area contributed by atoms with E-state index in [1.165, 1.54) is 18.2 Å². The Morgan fingerprint density at radius 1 is 1.38 bits per heavy atom. The molecule has 1 amide bonds. The number of carbonyl (C=O) groups excluding carboxylic acids is 1. The van der Waals surface area contributed by atoms with Gasteiger partial charge in [0.05, 0.1) is 15.5 Å². The highest BCUT2D eigenvalue weighted by atomic mass is 35.5. The van der Waals surface area contributed by atoms with Crippen molar-refractivity contribution in [3.8, 4) is 0 Å². The predicted octanol–water partition coefficient (Wildman–Crippen LogP) is 3.01. The van der Waals surface area contributed by atoms with Crippen molar-refractivity contribution in [2.45, 2.75) is 31.1 Å². The Hall–Kier alpha value is -1.07. The van der Waals surface area contributed by atoms with E-state index in [0.29, 0.717) is 17.5 Å². The highest BCUT2D eigenvalue weighted by Crippen LogP contribution is 2.31. The molecule has 2 rings (SSSR count). The first-order chi connectivity index (χ1) is 9.82. The molecule has 1 aliphatic rings. The number of sulfone groups is 1. The van der Waals surface area contributed by atoms with Crippen LogP contribution in [0.4, 0.5) is 0 Å². The van der Waals surface area contributed by atoms with Gasteiger partial charge >= 0.3 is 0 Å². The number of halogens is 1. The molecule has 0 heterocycles. The second-order valence-corrected chi connectivity index (χ2v) is 8.03. The van der Waals surface area contributed by atoms with Crippen molar-refractivity contribution in [3.63, 3.8) is 0 Å². The summed E-state index contributed by atoms with van der Waals surface area (Å²) in [5.74, 6) is 0.400. The molecule has 0 aromatic heterocycles. The van der Waals surface area contributed by atoms with E-state index in [2.05, 4.69) is 0 Å². The predicted molar refractivity (Wildman–Crippen MR) is 83.5 cm³/mol. The molecular weight excluding hydrogens is 310 g/mol. The van der Waals surface area contributed by atoms with Crippen LogP contribution in [0.15, 0.2) is 23.1 Å². The summed E-state index contributed by atoms with van der Waals surface area (Å²) in [5, 5.41) is 0.296. The summed E-state index contributed by atoms with van der Waals surface area (Å²) >= 11 is 6.10. The largest absolute Gasteiger partial charge is 0.338 e. The Morgan fingerprint density at radius 3 is 2.57 bits per heavy atom. The zero-order chi connectivity index (χ0) is 15.6. The second kappa shape index (κ2) is 6.36. The Kier molecular flexibility index (Phi) is 4.94. The van der Waals surface area contributed by atoms with Crippen LogP contribution in [-0.4, -0.2) is 38.6 Å². The Labute approximate surface area is 131 Å². The minimum atomic E-state index is -3.35. The molecule has 0 radical (unpaired) electrons. The lowest BCUT2D eigenvalue weighted by atomic mass is 10.2. The monoisotopic (exact) mass is 329 g/mol. The molecule has 0 saturated heterocycles. The van der Waals surface area contributed by atoms with Crippen molar-refractivity contribution in [2.24, 2.45) is 5.92 Å². The van der Waals surface area contributed by atoms with Gasteiger partial charge in [-0.1, -0.05) is 18.5 Å². The summed E-state index contributed by atoms with van der Waals surface area (Å²) in [7, 11) is -3.35. The second-order valence-electron chi connectivity index (χ2n) is 5.61. The fourth-order valence-electron chi connectivity index (χ4n) is 2.23. The van der Waals surface area contributed by atoms with Gasteiger partial charge in [0.1, 0.15) is 0 Å². The summed E-state index contributed by atoms with van der Waals surface area (Å²) in [5.41, 5.74) is 0.272. The zero-order valence-electron chi connectivity index (χ0n) is 12.3. The summed E-state index contributed by atoms with van der Waals surface area (Å²) in [6.07, 6.45) is 4.30. The van der Waals surface area contributed by atoms with Crippen molar-refractivity contribution in [1.29, 1.82) is 0 Å². The van der Waals surface area contributed by atoms with Crippen molar-refractivity contribution in [1.82, 2.24) is 4.90 Å². The third kappa shape index (κ3) is 4.20. The number of nitrogens with zero attached hydrogens (tertiary/aromatic N) is 1. The molecule has 6 heteroatoms. The van der Waals surface area contributed by atoms with Gasteiger partial charge < -0.3 is 4.90 Å². The van der Waals surface area contributed by atoms with Crippen molar-refractivity contribution >= 4 is 27.3 Å². The van der Waals surface area contributed by atoms with Gasteiger partial charge in [-0.2, -0.15) is 0 Å². The number of amides is 1. The molecule has 21 heavy (non-hydrogen) atoms. The normalized spacial score (nSPS) is 15.0.